The lowest BCUT2D eigenvalue weighted by Gasteiger charge is -2.10. The van der Waals surface area contributed by atoms with Crippen LogP contribution >= 0.6 is 0 Å². The van der Waals surface area contributed by atoms with Gasteiger partial charge in [-0.3, -0.25) is 4.98 Å². The van der Waals surface area contributed by atoms with Crippen LogP contribution in [0.5, 0.6) is 11.5 Å². The molecule has 0 radical (unpaired) electrons. The molecule has 0 aliphatic carbocycles. The molecule has 1 aromatic heterocycles. The minimum absolute atomic E-state index is 0.293. The SMILES string of the molecule is Cc1cc2cc(-c3ccc4c(c3)OCO4)nc(C)c2cc1C. The summed E-state index contributed by atoms with van der Waals surface area (Å²) in [6.45, 7) is 6.64. The molecule has 3 aromatic rings. The van der Waals surface area contributed by atoms with E-state index in [1.54, 1.807) is 0 Å². The lowest BCUT2D eigenvalue weighted by molar-refractivity contribution is 0.174. The molecule has 3 nitrogen and oxygen atoms in total. The zero-order valence-corrected chi connectivity index (χ0v) is 12.9. The fraction of sp³-hybridized carbons (Fsp3) is 0.211. The Bertz CT molecular complexity index is 900. The van der Waals surface area contributed by atoms with Crippen molar-refractivity contribution < 1.29 is 9.47 Å². The molecule has 0 atom stereocenters. The number of aromatic nitrogens is 1. The van der Waals surface area contributed by atoms with Crippen molar-refractivity contribution in [2.24, 2.45) is 0 Å². The van der Waals surface area contributed by atoms with Crippen molar-refractivity contribution in [2.75, 3.05) is 6.79 Å². The number of pyridine rings is 1. The van der Waals surface area contributed by atoms with Gasteiger partial charge in [0.25, 0.3) is 0 Å². The first-order valence-corrected chi connectivity index (χ1v) is 7.40. The molecule has 1 aliphatic rings. The van der Waals surface area contributed by atoms with Gasteiger partial charge in [0.15, 0.2) is 11.5 Å². The van der Waals surface area contributed by atoms with Crippen molar-refractivity contribution in [1.29, 1.82) is 0 Å². The van der Waals surface area contributed by atoms with E-state index in [2.05, 4.69) is 39.0 Å². The van der Waals surface area contributed by atoms with Gasteiger partial charge in [0, 0.05) is 16.6 Å². The predicted octanol–water partition coefficient (Wildman–Crippen LogP) is 4.56. The second-order valence-corrected chi connectivity index (χ2v) is 5.82. The number of nitrogens with zero attached hydrogens (tertiary/aromatic N) is 1. The summed E-state index contributed by atoms with van der Waals surface area (Å²) in [6.07, 6.45) is 0. The summed E-state index contributed by atoms with van der Waals surface area (Å²) in [4.78, 5) is 4.77. The summed E-state index contributed by atoms with van der Waals surface area (Å²) in [5.41, 5.74) is 5.66. The topological polar surface area (TPSA) is 31.4 Å². The summed E-state index contributed by atoms with van der Waals surface area (Å²) in [6, 6.07) is 12.6. The zero-order chi connectivity index (χ0) is 15.3. The van der Waals surface area contributed by atoms with Crippen LogP contribution in [-0.4, -0.2) is 11.8 Å². The number of fused-ring (bicyclic) bond motifs is 2. The van der Waals surface area contributed by atoms with E-state index in [1.165, 1.54) is 21.9 Å². The molecule has 0 unspecified atom stereocenters. The van der Waals surface area contributed by atoms with E-state index in [9.17, 15) is 0 Å². The van der Waals surface area contributed by atoms with E-state index in [0.717, 1.165) is 28.5 Å². The summed E-state index contributed by atoms with van der Waals surface area (Å²) < 4.78 is 10.8. The minimum Gasteiger partial charge on any atom is -0.454 e. The standard InChI is InChI=1S/C19H17NO2/c1-11-6-15-8-17(20-13(3)16(15)7-12(11)2)14-4-5-18-19(9-14)22-10-21-18/h4-9H,10H2,1-3H3. The largest absolute Gasteiger partial charge is 0.454 e. The highest BCUT2D eigenvalue weighted by molar-refractivity contribution is 5.89. The zero-order valence-electron chi connectivity index (χ0n) is 12.9. The highest BCUT2D eigenvalue weighted by atomic mass is 16.7. The number of ether oxygens (including phenoxy) is 2. The first-order chi connectivity index (χ1) is 10.6. The van der Waals surface area contributed by atoms with Crippen LogP contribution in [0, 0.1) is 20.8 Å². The molecule has 110 valence electrons. The highest BCUT2D eigenvalue weighted by Gasteiger charge is 2.15. The number of aryl methyl sites for hydroxylation is 3. The third-order valence-corrected chi connectivity index (χ3v) is 4.30. The van der Waals surface area contributed by atoms with Crippen LogP contribution in [0.4, 0.5) is 0 Å². The lowest BCUT2D eigenvalue weighted by Crippen LogP contribution is -1.93. The van der Waals surface area contributed by atoms with Crippen molar-refractivity contribution in [3.05, 3.63) is 53.2 Å². The molecule has 0 saturated carbocycles. The molecule has 0 saturated heterocycles. The maximum Gasteiger partial charge on any atom is 0.231 e. The first-order valence-electron chi connectivity index (χ1n) is 7.40. The van der Waals surface area contributed by atoms with Gasteiger partial charge in [0.05, 0.1) is 5.69 Å². The van der Waals surface area contributed by atoms with E-state index in [0.29, 0.717) is 6.79 Å². The average Bonchev–Trinajstić information content (AvgIpc) is 2.96. The molecule has 0 fully saturated rings. The van der Waals surface area contributed by atoms with Crippen LogP contribution in [0.25, 0.3) is 22.0 Å². The molecular weight excluding hydrogens is 274 g/mol. The van der Waals surface area contributed by atoms with E-state index in [-0.39, 0.29) is 0 Å². The van der Waals surface area contributed by atoms with Gasteiger partial charge in [-0.1, -0.05) is 6.07 Å². The Morgan fingerprint density at radius 1 is 0.864 bits per heavy atom. The predicted molar refractivity (Wildman–Crippen MR) is 87.5 cm³/mol. The van der Waals surface area contributed by atoms with Crippen molar-refractivity contribution in [1.82, 2.24) is 4.98 Å². The summed E-state index contributed by atoms with van der Waals surface area (Å²) in [5, 5.41) is 2.44. The van der Waals surface area contributed by atoms with Crippen molar-refractivity contribution in [3.63, 3.8) is 0 Å². The maximum atomic E-state index is 5.46. The summed E-state index contributed by atoms with van der Waals surface area (Å²) in [7, 11) is 0. The molecule has 22 heavy (non-hydrogen) atoms. The minimum atomic E-state index is 0.293. The number of hydrogen-bond acceptors (Lipinski definition) is 3. The Labute approximate surface area is 129 Å². The first kappa shape index (κ1) is 13.1. The Balaban J connectivity index is 1.90. The Morgan fingerprint density at radius 2 is 1.64 bits per heavy atom. The molecular formula is C19H17NO2. The Kier molecular flexibility index (Phi) is 2.83. The second-order valence-electron chi connectivity index (χ2n) is 5.82. The van der Waals surface area contributed by atoms with Gasteiger partial charge in [-0.25, -0.2) is 0 Å². The van der Waals surface area contributed by atoms with Crippen molar-refractivity contribution in [3.8, 4) is 22.8 Å². The van der Waals surface area contributed by atoms with Gasteiger partial charge in [-0.15, -0.1) is 0 Å². The summed E-state index contributed by atoms with van der Waals surface area (Å²) >= 11 is 0. The third-order valence-electron chi connectivity index (χ3n) is 4.30. The van der Waals surface area contributed by atoms with Gasteiger partial charge in [0.1, 0.15) is 0 Å². The van der Waals surface area contributed by atoms with Gasteiger partial charge in [-0.05, 0) is 67.6 Å². The molecule has 0 N–H and O–H groups in total. The van der Waals surface area contributed by atoms with E-state index < -0.39 is 0 Å². The van der Waals surface area contributed by atoms with Gasteiger partial charge < -0.3 is 9.47 Å². The van der Waals surface area contributed by atoms with Crippen LogP contribution in [0.1, 0.15) is 16.8 Å². The summed E-state index contributed by atoms with van der Waals surface area (Å²) in [5.74, 6) is 1.59. The van der Waals surface area contributed by atoms with Crippen molar-refractivity contribution in [2.45, 2.75) is 20.8 Å². The van der Waals surface area contributed by atoms with Gasteiger partial charge >= 0.3 is 0 Å². The fourth-order valence-corrected chi connectivity index (χ4v) is 2.90. The molecule has 4 rings (SSSR count). The van der Waals surface area contributed by atoms with Crippen LogP contribution in [-0.2, 0) is 0 Å². The van der Waals surface area contributed by atoms with E-state index >= 15 is 0 Å². The molecule has 2 aromatic carbocycles. The lowest BCUT2D eigenvalue weighted by atomic mass is 10.00. The molecule has 2 heterocycles. The molecule has 0 amide bonds. The average molecular weight is 291 g/mol. The Morgan fingerprint density at radius 3 is 2.50 bits per heavy atom. The molecule has 0 bridgehead atoms. The smallest absolute Gasteiger partial charge is 0.231 e. The Hall–Kier alpha value is -2.55. The normalized spacial score (nSPS) is 12.9. The number of rotatable bonds is 1. The molecule has 0 spiro atoms. The monoisotopic (exact) mass is 291 g/mol. The number of benzene rings is 2. The van der Waals surface area contributed by atoms with Gasteiger partial charge in [0.2, 0.25) is 6.79 Å². The highest BCUT2D eigenvalue weighted by Crippen LogP contribution is 2.36. The van der Waals surface area contributed by atoms with Gasteiger partial charge in [-0.2, -0.15) is 0 Å². The molecule has 1 aliphatic heterocycles. The third kappa shape index (κ3) is 2.01. The fourth-order valence-electron chi connectivity index (χ4n) is 2.90. The second kappa shape index (κ2) is 4.73. The quantitative estimate of drug-likeness (QED) is 0.659. The maximum absolute atomic E-state index is 5.46. The number of hydrogen-bond donors (Lipinski definition) is 0. The van der Waals surface area contributed by atoms with Crippen molar-refractivity contribution >= 4 is 10.8 Å². The van der Waals surface area contributed by atoms with Crippen LogP contribution < -0.4 is 9.47 Å². The van der Waals surface area contributed by atoms with Crippen LogP contribution in [0.2, 0.25) is 0 Å². The van der Waals surface area contributed by atoms with E-state index in [1.807, 2.05) is 18.2 Å². The van der Waals surface area contributed by atoms with E-state index in [4.69, 9.17) is 14.5 Å². The molecule has 3 heteroatoms. The van der Waals surface area contributed by atoms with Crippen LogP contribution in [0.15, 0.2) is 36.4 Å². The van der Waals surface area contributed by atoms with Crippen LogP contribution in [0.3, 0.4) is 0 Å².